The molecule has 3 N–H and O–H groups in total. The van der Waals surface area contributed by atoms with Crippen LogP contribution in [0.25, 0.3) is 28.1 Å². The molecule has 3 aromatic carbocycles. The number of para-hydroxylation sites is 1. The van der Waals surface area contributed by atoms with Crippen molar-refractivity contribution in [3.05, 3.63) is 88.3 Å². The Morgan fingerprint density at radius 2 is 1.88 bits per heavy atom. The van der Waals surface area contributed by atoms with Crippen molar-refractivity contribution in [3.8, 4) is 11.1 Å². The fraction of sp³-hybridized carbons (Fsp3) is 0.200. The highest BCUT2D eigenvalue weighted by Gasteiger charge is 2.40. The molecular formula is C30H24ClF2N5O3. The van der Waals surface area contributed by atoms with E-state index in [1.165, 1.54) is 10.7 Å². The second kappa shape index (κ2) is 10.4. The Morgan fingerprint density at radius 3 is 2.68 bits per heavy atom. The fourth-order valence-corrected chi connectivity index (χ4v) is 5.86. The van der Waals surface area contributed by atoms with Crippen LogP contribution in [0.15, 0.2) is 60.7 Å². The molecule has 1 aliphatic carbocycles. The van der Waals surface area contributed by atoms with Crippen molar-refractivity contribution in [1.82, 2.24) is 14.7 Å². The van der Waals surface area contributed by atoms with E-state index in [1.807, 2.05) is 18.2 Å². The maximum atomic E-state index is 15.7. The minimum absolute atomic E-state index is 0.00216. The summed E-state index contributed by atoms with van der Waals surface area (Å²) in [6, 6.07) is 13.8. The normalized spacial score (nSPS) is 17.7. The number of nitrogens with one attached hydrogen (secondary N) is 1. The molecular weight excluding hydrogens is 552 g/mol. The molecule has 2 heterocycles. The van der Waals surface area contributed by atoms with Crippen molar-refractivity contribution < 1.29 is 23.2 Å². The first-order chi connectivity index (χ1) is 19.7. The zero-order valence-electron chi connectivity index (χ0n) is 21.6. The molecule has 0 saturated carbocycles. The Kier molecular flexibility index (Phi) is 6.78. The number of aromatic nitrogens is 2. The summed E-state index contributed by atoms with van der Waals surface area (Å²) in [5, 5.41) is 7.60. The average Bonchev–Trinajstić information content (AvgIpc) is 3.68. The second-order valence-electron chi connectivity index (χ2n) is 10.0. The molecule has 11 heteroatoms. The summed E-state index contributed by atoms with van der Waals surface area (Å²) < 4.78 is 31.5. The first kappa shape index (κ1) is 26.6. The van der Waals surface area contributed by atoms with Gasteiger partial charge in [0.25, 0.3) is 5.91 Å². The van der Waals surface area contributed by atoms with Crippen molar-refractivity contribution in [1.29, 1.82) is 0 Å². The lowest BCUT2D eigenvalue weighted by Crippen LogP contribution is -2.44. The van der Waals surface area contributed by atoms with Crippen LogP contribution in [0.1, 0.15) is 28.0 Å². The molecule has 3 amide bonds. The monoisotopic (exact) mass is 575 g/mol. The van der Waals surface area contributed by atoms with Crippen LogP contribution in [0.3, 0.4) is 0 Å². The molecule has 41 heavy (non-hydrogen) atoms. The summed E-state index contributed by atoms with van der Waals surface area (Å²) in [6.45, 7) is -0.654. The Morgan fingerprint density at radius 1 is 1.07 bits per heavy atom. The number of primary amides is 1. The molecule has 208 valence electrons. The van der Waals surface area contributed by atoms with Gasteiger partial charge < -0.3 is 16.0 Å². The fourth-order valence-electron chi connectivity index (χ4n) is 5.51. The van der Waals surface area contributed by atoms with Gasteiger partial charge in [-0.25, -0.2) is 8.78 Å². The van der Waals surface area contributed by atoms with E-state index < -0.39 is 35.8 Å². The van der Waals surface area contributed by atoms with Crippen LogP contribution >= 0.6 is 11.6 Å². The van der Waals surface area contributed by atoms with Gasteiger partial charge in [0.15, 0.2) is 11.5 Å². The topological polar surface area (TPSA) is 110 Å². The van der Waals surface area contributed by atoms with Crippen molar-refractivity contribution >= 4 is 52.0 Å². The number of halogens is 3. The maximum absolute atomic E-state index is 15.7. The number of amides is 3. The summed E-state index contributed by atoms with van der Waals surface area (Å²) in [7, 11) is 0. The number of nitrogens with two attached hydrogens (primary N) is 1. The SMILES string of the molecule is NC(=O)c1nn(CC(=O)N2C[C@H](F)C[C@H]2C(=O)Nc2cccc(-c3ccc4c(c3Cl)C=CC4)c2F)c2ccccc12. The van der Waals surface area contributed by atoms with Crippen LogP contribution in [-0.2, 0) is 22.6 Å². The Balaban J connectivity index is 1.24. The number of likely N-dealkylation sites (tertiary alicyclic amines) is 1. The summed E-state index contributed by atoms with van der Waals surface area (Å²) >= 11 is 6.59. The van der Waals surface area contributed by atoms with Gasteiger partial charge >= 0.3 is 0 Å². The highest BCUT2D eigenvalue weighted by molar-refractivity contribution is 6.35. The first-order valence-electron chi connectivity index (χ1n) is 13.0. The zero-order valence-corrected chi connectivity index (χ0v) is 22.4. The van der Waals surface area contributed by atoms with Crippen molar-refractivity contribution in [2.75, 3.05) is 11.9 Å². The van der Waals surface area contributed by atoms with Gasteiger partial charge in [-0.3, -0.25) is 19.1 Å². The quantitative estimate of drug-likeness (QED) is 0.346. The van der Waals surface area contributed by atoms with E-state index in [0.29, 0.717) is 21.5 Å². The number of rotatable bonds is 6. The van der Waals surface area contributed by atoms with Crippen LogP contribution in [-0.4, -0.2) is 51.2 Å². The van der Waals surface area contributed by atoms with Gasteiger partial charge in [0.05, 0.1) is 22.8 Å². The number of anilines is 1. The molecule has 1 saturated heterocycles. The number of alkyl halides is 1. The molecule has 0 bridgehead atoms. The summed E-state index contributed by atoms with van der Waals surface area (Å²) in [5.41, 5.74) is 8.38. The standard InChI is InChI=1S/C30H24ClF2N5O3/c31-26-18-7-3-5-16(18)11-12-19(26)20-8-4-9-22(27(20)33)35-30(41)24-13-17(32)14-37(24)25(39)15-38-23-10-2-1-6-21(23)28(36-38)29(34)40/h1-4,6-12,17,24H,5,13-15H2,(H2,34,40)(H,35,41)/t17-,24+/m1/s1. The number of fused-ring (bicyclic) bond motifs is 2. The highest BCUT2D eigenvalue weighted by atomic mass is 35.5. The number of carbonyl (C=O) groups is 3. The molecule has 0 radical (unpaired) electrons. The molecule has 6 rings (SSSR count). The Labute approximate surface area is 238 Å². The summed E-state index contributed by atoms with van der Waals surface area (Å²) in [6.07, 6.45) is 2.94. The number of hydrogen-bond donors (Lipinski definition) is 2. The van der Waals surface area contributed by atoms with Crippen molar-refractivity contribution in [3.63, 3.8) is 0 Å². The predicted octanol–water partition coefficient (Wildman–Crippen LogP) is 4.74. The van der Waals surface area contributed by atoms with Gasteiger partial charge in [-0.05, 0) is 29.7 Å². The number of carbonyl (C=O) groups excluding carboxylic acids is 3. The molecule has 1 fully saturated rings. The van der Waals surface area contributed by atoms with E-state index in [2.05, 4.69) is 10.4 Å². The van der Waals surface area contributed by atoms with E-state index in [0.717, 1.165) is 22.4 Å². The third-order valence-corrected chi connectivity index (χ3v) is 7.90. The predicted molar refractivity (Wildman–Crippen MR) is 151 cm³/mol. The van der Waals surface area contributed by atoms with Gasteiger partial charge in [-0.2, -0.15) is 5.10 Å². The van der Waals surface area contributed by atoms with Gasteiger partial charge in [0, 0.05) is 22.9 Å². The van der Waals surface area contributed by atoms with Crippen LogP contribution in [0.5, 0.6) is 0 Å². The van der Waals surface area contributed by atoms with Gasteiger partial charge in [-0.15, -0.1) is 0 Å². The molecule has 1 aromatic heterocycles. The zero-order chi connectivity index (χ0) is 28.8. The van der Waals surface area contributed by atoms with E-state index in [1.54, 1.807) is 42.5 Å². The summed E-state index contributed by atoms with van der Waals surface area (Å²) in [4.78, 5) is 39.6. The minimum Gasteiger partial charge on any atom is -0.364 e. The number of hydrogen-bond acceptors (Lipinski definition) is 4. The van der Waals surface area contributed by atoms with E-state index in [4.69, 9.17) is 17.3 Å². The third-order valence-electron chi connectivity index (χ3n) is 7.49. The largest absolute Gasteiger partial charge is 0.364 e. The lowest BCUT2D eigenvalue weighted by Gasteiger charge is -2.24. The minimum atomic E-state index is -1.44. The van der Waals surface area contributed by atoms with Crippen LogP contribution in [0.2, 0.25) is 5.02 Å². The molecule has 2 aliphatic rings. The molecule has 4 aromatic rings. The second-order valence-corrected chi connectivity index (χ2v) is 10.4. The molecule has 1 aliphatic heterocycles. The molecule has 0 unspecified atom stereocenters. The maximum Gasteiger partial charge on any atom is 0.269 e. The lowest BCUT2D eigenvalue weighted by atomic mass is 9.99. The third kappa shape index (κ3) is 4.74. The molecule has 8 nitrogen and oxygen atoms in total. The highest BCUT2D eigenvalue weighted by Crippen LogP contribution is 2.38. The smallest absolute Gasteiger partial charge is 0.269 e. The van der Waals surface area contributed by atoms with Crippen LogP contribution in [0.4, 0.5) is 14.5 Å². The number of nitrogens with zero attached hydrogens (tertiary/aromatic N) is 3. The first-order valence-corrected chi connectivity index (χ1v) is 13.4. The van der Waals surface area contributed by atoms with E-state index in [-0.39, 0.29) is 36.5 Å². The number of benzene rings is 3. The van der Waals surface area contributed by atoms with Gasteiger partial charge in [0.1, 0.15) is 18.8 Å². The van der Waals surface area contributed by atoms with Crippen molar-refractivity contribution in [2.24, 2.45) is 5.73 Å². The van der Waals surface area contributed by atoms with Gasteiger partial charge in [-0.1, -0.05) is 66.2 Å². The van der Waals surface area contributed by atoms with E-state index >= 15 is 4.39 Å². The van der Waals surface area contributed by atoms with Crippen molar-refractivity contribution in [2.45, 2.75) is 31.6 Å². The van der Waals surface area contributed by atoms with Crippen LogP contribution in [0, 0.1) is 5.82 Å². The Hall–Kier alpha value is -4.57. The van der Waals surface area contributed by atoms with Gasteiger partial charge in [0.2, 0.25) is 11.8 Å². The Bertz CT molecular complexity index is 1770. The average molecular weight is 576 g/mol. The van der Waals surface area contributed by atoms with Crippen LogP contribution < -0.4 is 11.1 Å². The lowest BCUT2D eigenvalue weighted by molar-refractivity contribution is -0.137. The van der Waals surface area contributed by atoms with E-state index in [9.17, 15) is 18.8 Å². The number of allylic oxidation sites excluding steroid dienone is 1. The molecule has 0 spiro atoms. The molecule has 2 atom stereocenters. The summed E-state index contributed by atoms with van der Waals surface area (Å²) in [5.74, 6) is -2.75.